The number of anilines is 1. The molecule has 0 aliphatic carbocycles. The van der Waals surface area contributed by atoms with Crippen LogP contribution in [0, 0.1) is 0 Å². The van der Waals surface area contributed by atoms with Crippen LogP contribution in [0.1, 0.15) is 28.8 Å². The summed E-state index contributed by atoms with van der Waals surface area (Å²) in [7, 11) is 3.11. The van der Waals surface area contributed by atoms with Crippen molar-refractivity contribution in [1.29, 1.82) is 0 Å². The van der Waals surface area contributed by atoms with E-state index in [1.807, 2.05) is 11.0 Å². The van der Waals surface area contributed by atoms with Crippen molar-refractivity contribution in [3.8, 4) is 11.5 Å². The summed E-state index contributed by atoms with van der Waals surface area (Å²) < 4.78 is 12.4. The molecule has 9 nitrogen and oxygen atoms in total. The SMILES string of the molecule is COc1ccc(Cn2cc(C(=O)O)c(=O)c3ccc(N4CCC[C@@H]4CO)nc32)c(OC)c1. The van der Waals surface area contributed by atoms with Crippen LogP contribution in [0.15, 0.2) is 41.3 Å². The van der Waals surface area contributed by atoms with E-state index in [-0.39, 0.29) is 30.1 Å². The smallest absolute Gasteiger partial charge is 0.341 e. The lowest BCUT2D eigenvalue weighted by atomic mass is 10.1. The van der Waals surface area contributed by atoms with Crippen LogP contribution in [0.5, 0.6) is 11.5 Å². The zero-order valence-corrected chi connectivity index (χ0v) is 17.9. The minimum atomic E-state index is -1.30. The number of methoxy groups -OCH3 is 2. The molecular weight excluding hydrogens is 414 g/mol. The fourth-order valence-electron chi connectivity index (χ4n) is 4.18. The average molecular weight is 439 g/mol. The first-order chi connectivity index (χ1) is 15.5. The molecule has 2 aromatic heterocycles. The van der Waals surface area contributed by atoms with Gasteiger partial charge in [-0.15, -0.1) is 0 Å². The summed E-state index contributed by atoms with van der Waals surface area (Å²) in [6.45, 7) is 1.02. The van der Waals surface area contributed by atoms with Crippen molar-refractivity contribution in [1.82, 2.24) is 9.55 Å². The van der Waals surface area contributed by atoms with Crippen molar-refractivity contribution in [2.75, 3.05) is 32.3 Å². The van der Waals surface area contributed by atoms with Gasteiger partial charge in [-0.1, -0.05) is 0 Å². The zero-order valence-electron chi connectivity index (χ0n) is 17.9. The summed E-state index contributed by atoms with van der Waals surface area (Å²) in [5, 5.41) is 19.5. The van der Waals surface area contributed by atoms with Crippen LogP contribution >= 0.6 is 0 Å². The topological polar surface area (TPSA) is 114 Å². The average Bonchev–Trinajstić information content (AvgIpc) is 3.29. The van der Waals surface area contributed by atoms with E-state index in [1.54, 1.807) is 43.1 Å². The number of ether oxygens (including phenoxy) is 2. The van der Waals surface area contributed by atoms with Crippen molar-refractivity contribution in [2.24, 2.45) is 0 Å². The van der Waals surface area contributed by atoms with E-state index < -0.39 is 11.4 Å². The number of hydrogen-bond acceptors (Lipinski definition) is 7. The van der Waals surface area contributed by atoms with Crippen LogP contribution in [-0.2, 0) is 6.54 Å². The third-order valence-electron chi connectivity index (χ3n) is 5.85. The number of carboxylic acids is 1. The van der Waals surface area contributed by atoms with Crippen molar-refractivity contribution in [3.05, 3.63) is 57.9 Å². The number of aromatic nitrogens is 2. The maximum Gasteiger partial charge on any atom is 0.341 e. The van der Waals surface area contributed by atoms with Crippen molar-refractivity contribution in [2.45, 2.75) is 25.4 Å². The van der Waals surface area contributed by atoms with Gasteiger partial charge in [0.25, 0.3) is 0 Å². The molecule has 0 radical (unpaired) electrons. The molecule has 1 atom stereocenters. The predicted octanol–water partition coefficient (Wildman–Crippen LogP) is 2.12. The van der Waals surface area contributed by atoms with E-state index in [0.717, 1.165) is 24.9 Å². The minimum Gasteiger partial charge on any atom is -0.497 e. The Kier molecular flexibility index (Phi) is 6.00. The van der Waals surface area contributed by atoms with Gasteiger partial charge in [-0.05, 0) is 37.1 Å². The number of aliphatic hydroxyl groups is 1. The van der Waals surface area contributed by atoms with Gasteiger partial charge in [0, 0.05) is 24.4 Å². The van der Waals surface area contributed by atoms with Gasteiger partial charge < -0.3 is 29.2 Å². The molecule has 4 rings (SSSR count). The molecule has 168 valence electrons. The number of carbonyl (C=O) groups is 1. The fourth-order valence-corrected chi connectivity index (χ4v) is 4.18. The van der Waals surface area contributed by atoms with Gasteiger partial charge in [0.15, 0.2) is 0 Å². The number of benzene rings is 1. The number of fused-ring (bicyclic) bond motifs is 1. The Hall–Kier alpha value is -3.59. The molecule has 0 amide bonds. The highest BCUT2D eigenvalue weighted by Crippen LogP contribution is 2.28. The van der Waals surface area contributed by atoms with Crippen molar-refractivity contribution < 1.29 is 24.5 Å². The predicted molar refractivity (Wildman–Crippen MR) is 119 cm³/mol. The first kappa shape index (κ1) is 21.6. The normalized spacial score (nSPS) is 15.8. The lowest BCUT2D eigenvalue weighted by Crippen LogP contribution is -2.33. The van der Waals surface area contributed by atoms with Crippen LogP contribution in [0.2, 0.25) is 0 Å². The fraction of sp³-hybridized carbons (Fsp3) is 0.348. The van der Waals surface area contributed by atoms with Gasteiger partial charge in [0.1, 0.15) is 28.5 Å². The first-order valence-electron chi connectivity index (χ1n) is 10.3. The molecule has 1 fully saturated rings. The summed E-state index contributed by atoms with van der Waals surface area (Å²) in [5.74, 6) is 0.554. The molecule has 3 aromatic rings. The standard InChI is InChI=1S/C23H25N3O6/c1-31-16-6-5-14(19(10-16)32-2)11-25-12-18(23(29)30)21(28)17-7-8-20(24-22(17)25)26-9-3-4-15(26)13-27/h5-8,10,12,15,27H,3-4,9,11,13H2,1-2H3,(H,29,30)/t15-/m1/s1. The van der Waals surface area contributed by atoms with Crippen molar-refractivity contribution in [3.63, 3.8) is 0 Å². The zero-order chi connectivity index (χ0) is 22.8. The van der Waals surface area contributed by atoms with Crippen LogP contribution in [-0.4, -0.2) is 59.1 Å². The van der Waals surface area contributed by atoms with Gasteiger partial charge in [-0.2, -0.15) is 0 Å². The van der Waals surface area contributed by atoms with E-state index in [4.69, 9.17) is 14.5 Å². The Bertz CT molecular complexity index is 1220. The third-order valence-corrected chi connectivity index (χ3v) is 5.85. The van der Waals surface area contributed by atoms with Gasteiger partial charge in [-0.3, -0.25) is 4.79 Å². The van der Waals surface area contributed by atoms with Crippen molar-refractivity contribution >= 4 is 22.8 Å². The van der Waals surface area contributed by atoms with E-state index in [9.17, 15) is 19.8 Å². The lowest BCUT2D eigenvalue weighted by molar-refractivity contribution is 0.0695. The molecule has 3 heterocycles. The highest BCUT2D eigenvalue weighted by atomic mass is 16.5. The number of aromatic carboxylic acids is 1. The number of aliphatic hydroxyl groups excluding tert-OH is 1. The third kappa shape index (κ3) is 3.87. The molecule has 0 bridgehead atoms. The Morgan fingerprint density at radius 1 is 1.22 bits per heavy atom. The quantitative estimate of drug-likeness (QED) is 0.576. The molecule has 32 heavy (non-hydrogen) atoms. The minimum absolute atomic E-state index is 0.0214. The Morgan fingerprint density at radius 2 is 2.03 bits per heavy atom. The monoisotopic (exact) mass is 439 g/mol. The summed E-state index contributed by atoms with van der Waals surface area (Å²) in [5.41, 5.74) is 0.244. The maximum atomic E-state index is 12.8. The van der Waals surface area contributed by atoms with Crippen LogP contribution in [0.25, 0.3) is 11.0 Å². The molecule has 1 aliphatic heterocycles. The summed E-state index contributed by atoms with van der Waals surface area (Å²) in [4.78, 5) is 31.3. The second-order valence-electron chi connectivity index (χ2n) is 7.70. The van der Waals surface area contributed by atoms with E-state index in [1.165, 1.54) is 6.20 Å². The molecule has 2 N–H and O–H groups in total. The second-order valence-corrected chi connectivity index (χ2v) is 7.70. The van der Waals surface area contributed by atoms with Crippen LogP contribution < -0.4 is 19.8 Å². The van der Waals surface area contributed by atoms with Gasteiger partial charge in [0.2, 0.25) is 5.43 Å². The molecule has 0 spiro atoms. The van der Waals surface area contributed by atoms with E-state index in [0.29, 0.717) is 23.0 Å². The molecule has 1 saturated heterocycles. The number of hydrogen-bond donors (Lipinski definition) is 2. The molecular formula is C23H25N3O6. The Morgan fingerprint density at radius 3 is 2.72 bits per heavy atom. The van der Waals surface area contributed by atoms with Crippen LogP contribution in [0.4, 0.5) is 5.82 Å². The van der Waals surface area contributed by atoms with Gasteiger partial charge in [0.05, 0.1) is 38.8 Å². The molecule has 1 aliphatic rings. The maximum absolute atomic E-state index is 12.8. The molecule has 9 heteroatoms. The van der Waals surface area contributed by atoms with Crippen LogP contribution in [0.3, 0.4) is 0 Å². The lowest BCUT2D eigenvalue weighted by Gasteiger charge is -2.24. The summed E-state index contributed by atoms with van der Waals surface area (Å²) in [6, 6.07) is 8.65. The highest BCUT2D eigenvalue weighted by molar-refractivity contribution is 5.92. The van der Waals surface area contributed by atoms with Gasteiger partial charge in [-0.25, -0.2) is 9.78 Å². The number of pyridine rings is 2. The number of nitrogens with zero attached hydrogens (tertiary/aromatic N) is 3. The molecule has 0 unspecified atom stereocenters. The first-order valence-corrected chi connectivity index (χ1v) is 10.3. The molecule has 1 aromatic carbocycles. The second kappa shape index (κ2) is 8.88. The Balaban J connectivity index is 1.87. The molecule has 0 saturated carbocycles. The highest BCUT2D eigenvalue weighted by Gasteiger charge is 2.26. The Labute approximate surface area is 184 Å². The van der Waals surface area contributed by atoms with Gasteiger partial charge >= 0.3 is 5.97 Å². The van der Waals surface area contributed by atoms with E-state index in [2.05, 4.69) is 0 Å². The largest absolute Gasteiger partial charge is 0.497 e. The summed E-state index contributed by atoms with van der Waals surface area (Å²) in [6.07, 6.45) is 3.13. The number of rotatable bonds is 7. The summed E-state index contributed by atoms with van der Waals surface area (Å²) >= 11 is 0. The van der Waals surface area contributed by atoms with E-state index >= 15 is 0 Å². The number of carboxylic acid groups (broad SMARTS) is 1.